The Morgan fingerprint density at radius 2 is 2.08 bits per heavy atom. The maximum absolute atomic E-state index is 12.6. The summed E-state index contributed by atoms with van der Waals surface area (Å²) in [6.07, 6.45) is 3.81. The summed E-state index contributed by atoms with van der Waals surface area (Å²) in [6.45, 7) is 7.03. The Hall–Kier alpha value is -2.64. The van der Waals surface area contributed by atoms with Crippen LogP contribution in [0.15, 0.2) is 18.5 Å². The van der Waals surface area contributed by atoms with Crippen LogP contribution in [-0.2, 0) is 16.6 Å². The zero-order chi connectivity index (χ0) is 18.1. The van der Waals surface area contributed by atoms with Crippen LogP contribution in [0.2, 0.25) is 0 Å². The molecule has 0 aliphatic carbocycles. The van der Waals surface area contributed by atoms with Crippen molar-refractivity contribution < 1.29 is 9.59 Å². The van der Waals surface area contributed by atoms with Crippen LogP contribution in [0.3, 0.4) is 0 Å². The van der Waals surface area contributed by atoms with Gasteiger partial charge in [-0.25, -0.2) is 0 Å². The molecule has 2 aromatic rings. The van der Waals surface area contributed by atoms with Crippen molar-refractivity contribution in [2.24, 2.45) is 7.05 Å². The Kier molecular flexibility index (Phi) is 4.61. The minimum Gasteiger partial charge on any atom is -0.332 e. The first kappa shape index (κ1) is 17.2. The summed E-state index contributed by atoms with van der Waals surface area (Å²) < 4.78 is 3.54. The summed E-state index contributed by atoms with van der Waals surface area (Å²) in [5.41, 5.74) is 2.75. The third kappa shape index (κ3) is 3.57. The number of hydrogen-bond donors (Lipinski definition) is 0. The minimum absolute atomic E-state index is 0.0146. The van der Waals surface area contributed by atoms with E-state index in [9.17, 15) is 9.59 Å². The normalized spacial score (nSPS) is 16.4. The number of carbonyl (C=O) groups excluding carboxylic acids is 2. The molecule has 0 bridgehead atoms. The van der Waals surface area contributed by atoms with Gasteiger partial charge in [0.05, 0.1) is 23.6 Å². The van der Waals surface area contributed by atoms with E-state index >= 15 is 0 Å². The van der Waals surface area contributed by atoms with Crippen LogP contribution < -0.4 is 4.90 Å². The average molecular weight is 344 g/mol. The first-order valence-electron chi connectivity index (χ1n) is 8.44. The van der Waals surface area contributed by atoms with Gasteiger partial charge in [-0.15, -0.1) is 0 Å². The number of hydrogen-bond acceptors (Lipinski definition) is 4. The maximum atomic E-state index is 12.6. The van der Waals surface area contributed by atoms with Crippen LogP contribution >= 0.6 is 0 Å². The van der Waals surface area contributed by atoms with Crippen molar-refractivity contribution in [2.45, 2.75) is 33.2 Å². The van der Waals surface area contributed by atoms with Crippen molar-refractivity contribution in [1.82, 2.24) is 24.5 Å². The smallest absolute Gasteiger partial charge is 0.246 e. The minimum atomic E-state index is -0.0774. The molecule has 0 spiro atoms. The zero-order valence-electron chi connectivity index (χ0n) is 15.1. The summed E-state index contributed by atoms with van der Waals surface area (Å²) in [7, 11) is 1.81. The Morgan fingerprint density at radius 1 is 1.32 bits per heavy atom. The lowest BCUT2D eigenvalue weighted by atomic mass is 10.2. The highest BCUT2D eigenvalue weighted by atomic mass is 16.2. The third-order valence-electron chi connectivity index (χ3n) is 4.51. The Labute approximate surface area is 147 Å². The number of anilines is 1. The highest BCUT2D eigenvalue weighted by Crippen LogP contribution is 2.19. The molecule has 0 radical (unpaired) electrons. The van der Waals surface area contributed by atoms with Gasteiger partial charge >= 0.3 is 0 Å². The highest BCUT2D eigenvalue weighted by molar-refractivity contribution is 5.97. The maximum Gasteiger partial charge on any atom is 0.246 e. The van der Waals surface area contributed by atoms with Gasteiger partial charge in [0.25, 0.3) is 0 Å². The van der Waals surface area contributed by atoms with Crippen LogP contribution in [0, 0.1) is 13.8 Å². The lowest BCUT2D eigenvalue weighted by Gasteiger charge is -2.34. The van der Waals surface area contributed by atoms with Crippen molar-refractivity contribution in [2.75, 3.05) is 24.5 Å². The van der Waals surface area contributed by atoms with Crippen LogP contribution in [0.4, 0.5) is 5.69 Å². The SMILES string of the molecule is Cc1cc(C)n(C(C)CC(=O)N2CCN(c3cnn(C)c3)C(=O)C2)n1. The molecule has 1 unspecified atom stereocenters. The average Bonchev–Trinajstić information content (AvgIpc) is 3.12. The summed E-state index contributed by atoms with van der Waals surface area (Å²) >= 11 is 0. The zero-order valence-corrected chi connectivity index (χ0v) is 15.1. The number of rotatable bonds is 4. The molecular weight excluding hydrogens is 320 g/mol. The molecule has 1 fully saturated rings. The second-order valence-electron chi connectivity index (χ2n) is 6.66. The Bertz CT molecular complexity index is 793. The number of amides is 2. The molecule has 134 valence electrons. The van der Waals surface area contributed by atoms with Gasteiger partial charge in [-0.1, -0.05) is 0 Å². The highest BCUT2D eigenvalue weighted by Gasteiger charge is 2.29. The fourth-order valence-corrected chi connectivity index (χ4v) is 3.27. The summed E-state index contributed by atoms with van der Waals surface area (Å²) in [6, 6.07) is 1.96. The van der Waals surface area contributed by atoms with Crippen molar-refractivity contribution in [3.05, 3.63) is 29.8 Å². The molecule has 0 saturated carbocycles. The Morgan fingerprint density at radius 3 is 2.64 bits per heavy atom. The summed E-state index contributed by atoms with van der Waals surface area (Å²) in [4.78, 5) is 28.3. The van der Waals surface area contributed by atoms with Crippen molar-refractivity contribution >= 4 is 17.5 Å². The van der Waals surface area contributed by atoms with Gasteiger partial charge in [0.2, 0.25) is 11.8 Å². The van der Waals surface area contributed by atoms with E-state index < -0.39 is 0 Å². The van der Waals surface area contributed by atoms with Gasteiger partial charge in [-0.05, 0) is 26.8 Å². The molecule has 8 heteroatoms. The van der Waals surface area contributed by atoms with Crippen molar-refractivity contribution in [3.8, 4) is 0 Å². The molecular formula is C17H24N6O2. The fraction of sp³-hybridized carbons (Fsp3) is 0.529. The van der Waals surface area contributed by atoms with Gasteiger partial charge in [0.15, 0.2) is 0 Å². The largest absolute Gasteiger partial charge is 0.332 e. The second kappa shape index (κ2) is 6.70. The topological polar surface area (TPSA) is 76.3 Å². The first-order valence-corrected chi connectivity index (χ1v) is 8.44. The molecule has 3 heterocycles. The van der Waals surface area contributed by atoms with Gasteiger partial charge in [0, 0.05) is 38.4 Å². The number of aromatic nitrogens is 4. The van der Waals surface area contributed by atoms with E-state index in [4.69, 9.17) is 0 Å². The van der Waals surface area contributed by atoms with E-state index in [1.54, 1.807) is 26.9 Å². The van der Waals surface area contributed by atoms with Crippen LogP contribution in [0.1, 0.15) is 30.8 Å². The summed E-state index contributed by atoms with van der Waals surface area (Å²) in [5.74, 6) is -0.0920. The standard InChI is InChI=1S/C17H24N6O2/c1-12-7-13(2)23(19-12)14(3)8-16(24)21-5-6-22(17(25)11-21)15-9-18-20(4)10-15/h7,9-10,14H,5-6,8,11H2,1-4H3. The predicted molar refractivity (Wildman–Crippen MR) is 93.2 cm³/mol. The van der Waals surface area contributed by atoms with E-state index in [2.05, 4.69) is 10.2 Å². The quantitative estimate of drug-likeness (QED) is 0.831. The molecule has 0 N–H and O–H groups in total. The molecule has 1 aliphatic rings. The van der Waals surface area contributed by atoms with E-state index in [1.165, 1.54) is 0 Å². The van der Waals surface area contributed by atoms with Crippen LogP contribution in [0.5, 0.6) is 0 Å². The first-order chi connectivity index (χ1) is 11.8. The second-order valence-corrected chi connectivity index (χ2v) is 6.66. The van der Waals surface area contributed by atoms with Crippen molar-refractivity contribution in [1.29, 1.82) is 0 Å². The molecule has 2 amide bonds. The van der Waals surface area contributed by atoms with Gasteiger partial charge in [-0.2, -0.15) is 10.2 Å². The van der Waals surface area contributed by atoms with Crippen LogP contribution in [-0.4, -0.2) is 55.9 Å². The number of nitrogens with zero attached hydrogens (tertiary/aromatic N) is 6. The van der Waals surface area contributed by atoms with E-state index in [0.29, 0.717) is 19.5 Å². The summed E-state index contributed by atoms with van der Waals surface area (Å²) in [5, 5.41) is 8.53. The number of piperazine rings is 1. The fourth-order valence-electron chi connectivity index (χ4n) is 3.27. The molecule has 25 heavy (non-hydrogen) atoms. The van der Waals surface area contributed by atoms with Crippen LogP contribution in [0.25, 0.3) is 0 Å². The lowest BCUT2D eigenvalue weighted by Crippen LogP contribution is -2.52. The molecule has 1 atom stereocenters. The van der Waals surface area contributed by atoms with Gasteiger partial charge < -0.3 is 9.80 Å². The van der Waals surface area contributed by atoms with Crippen molar-refractivity contribution in [3.63, 3.8) is 0 Å². The van der Waals surface area contributed by atoms with E-state index in [-0.39, 0.29) is 24.4 Å². The third-order valence-corrected chi connectivity index (χ3v) is 4.51. The molecule has 0 aromatic carbocycles. The molecule has 1 aliphatic heterocycles. The number of aryl methyl sites for hydroxylation is 3. The molecule has 3 rings (SSSR count). The molecule has 8 nitrogen and oxygen atoms in total. The molecule has 2 aromatic heterocycles. The monoisotopic (exact) mass is 344 g/mol. The van der Waals surface area contributed by atoms with Gasteiger partial charge in [-0.3, -0.25) is 19.0 Å². The van der Waals surface area contributed by atoms with E-state index in [0.717, 1.165) is 17.1 Å². The lowest BCUT2D eigenvalue weighted by molar-refractivity contribution is -0.137. The van der Waals surface area contributed by atoms with Gasteiger partial charge in [0.1, 0.15) is 6.54 Å². The number of carbonyl (C=O) groups is 2. The Balaban J connectivity index is 1.61. The van der Waals surface area contributed by atoms with E-state index in [1.807, 2.05) is 38.6 Å². The predicted octanol–water partition coefficient (Wildman–Crippen LogP) is 1.06. The molecule has 1 saturated heterocycles.